The van der Waals surface area contributed by atoms with Crippen LogP contribution in [0.3, 0.4) is 0 Å². The molecule has 0 aromatic carbocycles. The van der Waals surface area contributed by atoms with Gasteiger partial charge in [-0.05, 0) is 13.3 Å². The minimum absolute atomic E-state index is 0.546. The van der Waals surface area contributed by atoms with Gasteiger partial charge in [0, 0.05) is 6.54 Å². The van der Waals surface area contributed by atoms with E-state index in [-0.39, 0.29) is 0 Å². The first-order valence-electron chi connectivity index (χ1n) is 4.04. The SMILES string of the molecule is C=C(C)CCNc1ncncc1Cl. The van der Waals surface area contributed by atoms with Gasteiger partial charge in [-0.25, -0.2) is 9.97 Å². The standard InChI is InChI=1S/C9H12ClN3/c1-7(2)3-4-12-9-8(10)5-11-6-13-9/h5-6H,1,3-4H2,2H3,(H,11,12,13). The van der Waals surface area contributed by atoms with Crippen LogP contribution >= 0.6 is 11.6 Å². The number of anilines is 1. The fourth-order valence-electron chi connectivity index (χ4n) is 0.837. The molecule has 0 fully saturated rings. The second-order valence-electron chi connectivity index (χ2n) is 2.85. The number of aromatic nitrogens is 2. The van der Waals surface area contributed by atoms with Crippen molar-refractivity contribution in [3.05, 3.63) is 29.7 Å². The smallest absolute Gasteiger partial charge is 0.148 e. The van der Waals surface area contributed by atoms with Gasteiger partial charge in [0.05, 0.1) is 6.20 Å². The molecule has 0 amide bonds. The molecule has 0 spiro atoms. The van der Waals surface area contributed by atoms with Gasteiger partial charge in [0.2, 0.25) is 0 Å². The molecule has 1 aromatic heterocycles. The number of nitrogens with one attached hydrogen (secondary N) is 1. The molecule has 1 rings (SSSR count). The van der Waals surface area contributed by atoms with Gasteiger partial charge in [-0.3, -0.25) is 0 Å². The molecule has 3 nitrogen and oxygen atoms in total. The molecule has 0 aliphatic heterocycles. The van der Waals surface area contributed by atoms with Crippen molar-refractivity contribution in [2.45, 2.75) is 13.3 Å². The highest BCUT2D eigenvalue weighted by Gasteiger charge is 1.98. The van der Waals surface area contributed by atoms with E-state index in [0.29, 0.717) is 10.8 Å². The van der Waals surface area contributed by atoms with Crippen molar-refractivity contribution in [2.24, 2.45) is 0 Å². The van der Waals surface area contributed by atoms with Crippen molar-refractivity contribution in [1.29, 1.82) is 0 Å². The van der Waals surface area contributed by atoms with Crippen LogP contribution in [0.1, 0.15) is 13.3 Å². The summed E-state index contributed by atoms with van der Waals surface area (Å²) < 4.78 is 0. The van der Waals surface area contributed by atoms with Crippen LogP contribution in [0.4, 0.5) is 5.82 Å². The molecule has 13 heavy (non-hydrogen) atoms. The van der Waals surface area contributed by atoms with E-state index in [2.05, 4.69) is 21.9 Å². The molecule has 1 heterocycles. The third-order valence-corrected chi connectivity index (χ3v) is 1.79. The lowest BCUT2D eigenvalue weighted by Crippen LogP contribution is -2.04. The van der Waals surface area contributed by atoms with E-state index in [4.69, 9.17) is 11.6 Å². The van der Waals surface area contributed by atoms with Gasteiger partial charge in [0.1, 0.15) is 17.2 Å². The highest BCUT2D eigenvalue weighted by Crippen LogP contribution is 2.15. The lowest BCUT2D eigenvalue weighted by atomic mass is 10.2. The van der Waals surface area contributed by atoms with E-state index in [1.54, 1.807) is 6.20 Å². The van der Waals surface area contributed by atoms with Crippen molar-refractivity contribution in [3.63, 3.8) is 0 Å². The third-order valence-electron chi connectivity index (χ3n) is 1.51. The van der Waals surface area contributed by atoms with Gasteiger partial charge in [0.15, 0.2) is 0 Å². The molecular formula is C9H12ClN3. The van der Waals surface area contributed by atoms with Gasteiger partial charge in [0.25, 0.3) is 0 Å². The van der Waals surface area contributed by atoms with Crippen LogP contribution in [-0.2, 0) is 0 Å². The quantitative estimate of drug-likeness (QED) is 0.754. The first-order valence-corrected chi connectivity index (χ1v) is 4.41. The zero-order chi connectivity index (χ0) is 9.68. The number of rotatable bonds is 4. The number of halogens is 1. The van der Waals surface area contributed by atoms with Gasteiger partial charge in [-0.1, -0.05) is 17.2 Å². The highest BCUT2D eigenvalue weighted by molar-refractivity contribution is 6.32. The third kappa shape index (κ3) is 3.42. The van der Waals surface area contributed by atoms with Crippen LogP contribution in [0, 0.1) is 0 Å². The van der Waals surface area contributed by atoms with Gasteiger partial charge < -0.3 is 5.32 Å². The molecule has 1 aromatic rings. The summed E-state index contributed by atoms with van der Waals surface area (Å²) in [5.41, 5.74) is 1.14. The largest absolute Gasteiger partial charge is 0.368 e. The van der Waals surface area contributed by atoms with E-state index in [1.165, 1.54) is 6.33 Å². The Kier molecular flexibility index (Phi) is 3.71. The van der Waals surface area contributed by atoms with E-state index >= 15 is 0 Å². The molecule has 4 heteroatoms. The fourth-order valence-corrected chi connectivity index (χ4v) is 1.01. The predicted molar refractivity (Wildman–Crippen MR) is 55.0 cm³/mol. The zero-order valence-corrected chi connectivity index (χ0v) is 8.30. The minimum Gasteiger partial charge on any atom is -0.368 e. The van der Waals surface area contributed by atoms with Crippen LogP contribution in [0.25, 0.3) is 0 Å². The molecule has 0 radical (unpaired) electrons. The van der Waals surface area contributed by atoms with E-state index < -0.39 is 0 Å². The maximum Gasteiger partial charge on any atom is 0.148 e. The van der Waals surface area contributed by atoms with E-state index in [1.807, 2.05) is 6.92 Å². The number of hydrogen-bond acceptors (Lipinski definition) is 3. The average molecular weight is 198 g/mol. The lowest BCUT2D eigenvalue weighted by Gasteiger charge is -2.05. The molecule has 0 unspecified atom stereocenters. The Morgan fingerprint density at radius 3 is 3.08 bits per heavy atom. The van der Waals surface area contributed by atoms with Crippen LogP contribution in [-0.4, -0.2) is 16.5 Å². The molecule has 0 saturated carbocycles. The summed E-state index contributed by atoms with van der Waals surface area (Å²) in [6.45, 7) is 6.59. The summed E-state index contributed by atoms with van der Waals surface area (Å²) in [4.78, 5) is 7.78. The molecule has 0 bridgehead atoms. The Labute approximate surface area is 82.9 Å². The van der Waals surface area contributed by atoms with Crippen molar-refractivity contribution in [1.82, 2.24) is 9.97 Å². The van der Waals surface area contributed by atoms with Crippen molar-refractivity contribution < 1.29 is 0 Å². The fraction of sp³-hybridized carbons (Fsp3) is 0.333. The second kappa shape index (κ2) is 4.82. The molecule has 70 valence electrons. The Hall–Kier alpha value is -1.09. The normalized spacial score (nSPS) is 9.69. The molecule has 0 saturated heterocycles. The molecule has 0 aliphatic rings. The second-order valence-corrected chi connectivity index (χ2v) is 3.26. The maximum atomic E-state index is 5.83. The molecule has 1 N–H and O–H groups in total. The Bertz CT molecular complexity index is 299. The first-order chi connectivity index (χ1) is 6.20. The highest BCUT2D eigenvalue weighted by atomic mass is 35.5. The van der Waals surface area contributed by atoms with Gasteiger partial charge in [-0.15, -0.1) is 6.58 Å². The predicted octanol–water partition coefficient (Wildman–Crippen LogP) is 2.51. The van der Waals surface area contributed by atoms with Crippen LogP contribution < -0.4 is 5.32 Å². The van der Waals surface area contributed by atoms with E-state index in [9.17, 15) is 0 Å². The lowest BCUT2D eigenvalue weighted by molar-refractivity contribution is 0.985. The van der Waals surface area contributed by atoms with Crippen LogP contribution in [0.5, 0.6) is 0 Å². The van der Waals surface area contributed by atoms with Gasteiger partial charge >= 0.3 is 0 Å². The van der Waals surface area contributed by atoms with Gasteiger partial charge in [-0.2, -0.15) is 0 Å². The summed E-state index contributed by atoms with van der Waals surface area (Å²) in [5, 5.41) is 3.65. The monoisotopic (exact) mass is 197 g/mol. The van der Waals surface area contributed by atoms with Crippen molar-refractivity contribution in [3.8, 4) is 0 Å². The molecule has 0 aliphatic carbocycles. The number of nitrogens with zero attached hydrogens (tertiary/aromatic N) is 2. The van der Waals surface area contributed by atoms with Crippen LogP contribution in [0.15, 0.2) is 24.7 Å². The zero-order valence-electron chi connectivity index (χ0n) is 7.55. The van der Waals surface area contributed by atoms with E-state index in [0.717, 1.165) is 18.5 Å². The van der Waals surface area contributed by atoms with Crippen molar-refractivity contribution >= 4 is 17.4 Å². The number of hydrogen-bond donors (Lipinski definition) is 1. The minimum atomic E-state index is 0.546. The summed E-state index contributed by atoms with van der Waals surface area (Å²) in [7, 11) is 0. The topological polar surface area (TPSA) is 37.8 Å². The Morgan fingerprint density at radius 1 is 1.69 bits per heavy atom. The first kappa shape index (κ1) is 9.99. The summed E-state index contributed by atoms with van der Waals surface area (Å²) >= 11 is 5.83. The summed E-state index contributed by atoms with van der Waals surface area (Å²) in [6, 6.07) is 0. The molecule has 0 atom stereocenters. The van der Waals surface area contributed by atoms with Crippen molar-refractivity contribution in [2.75, 3.05) is 11.9 Å². The maximum absolute atomic E-state index is 5.83. The molecular weight excluding hydrogens is 186 g/mol. The summed E-state index contributed by atoms with van der Waals surface area (Å²) in [5.74, 6) is 0.679. The Morgan fingerprint density at radius 2 is 2.46 bits per heavy atom. The van der Waals surface area contributed by atoms with Crippen LogP contribution in [0.2, 0.25) is 5.02 Å². The average Bonchev–Trinajstić information content (AvgIpc) is 2.08. The Balaban J connectivity index is 2.45. The summed E-state index contributed by atoms with van der Waals surface area (Å²) in [6.07, 6.45) is 3.95.